The molecular formula is C71H138O17P2. The van der Waals surface area contributed by atoms with Crippen molar-refractivity contribution in [2.75, 3.05) is 39.6 Å². The third-order valence-electron chi connectivity index (χ3n) is 16.9. The third kappa shape index (κ3) is 63.5. The van der Waals surface area contributed by atoms with Gasteiger partial charge in [-0.15, -0.1) is 0 Å². The molecule has 19 heteroatoms. The van der Waals surface area contributed by atoms with Crippen LogP contribution in [-0.2, 0) is 65.4 Å². The van der Waals surface area contributed by atoms with Gasteiger partial charge in [-0.1, -0.05) is 317 Å². The number of carbonyl (C=O) groups is 4. The number of unbranched alkanes of at least 4 members (excludes halogenated alkanes) is 42. The summed E-state index contributed by atoms with van der Waals surface area (Å²) in [7, 11) is -9.89. The summed E-state index contributed by atoms with van der Waals surface area (Å²) in [5, 5.41) is 10.6. The Kier molecular flexibility index (Phi) is 63.0. The van der Waals surface area contributed by atoms with Gasteiger partial charge in [0.25, 0.3) is 0 Å². The van der Waals surface area contributed by atoms with Gasteiger partial charge in [-0.25, -0.2) is 9.13 Å². The number of aliphatic hydroxyl groups is 1. The van der Waals surface area contributed by atoms with Crippen molar-refractivity contribution < 1.29 is 80.2 Å². The number of hydrogen-bond acceptors (Lipinski definition) is 15. The lowest BCUT2D eigenvalue weighted by atomic mass is 9.99. The monoisotopic (exact) mass is 1320 g/mol. The molecule has 0 radical (unpaired) electrons. The molecule has 0 rings (SSSR count). The molecule has 0 heterocycles. The van der Waals surface area contributed by atoms with Gasteiger partial charge in [0.2, 0.25) is 0 Å². The first kappa shape index (κ1) is 88.1. The third-order valence-corrected chi connectivity index (χ3v) is 18.8. The minimum atomic E-state index is -4.95. The molecule has 0 aliphatic heterocycles. The molecule has 0 bridgehead atoms. The second-order valence-electron chi connectivity index (χ2n) is 25.9. The molecule has 3 unspecified atom stereocenters. The molecule has 90 heavy (non-hydrogen) atoms. The van der Waals surface area contributed by atoms with Gasteiger partial charge < -0.3 is 33.8 Å². The summed E-state index contributed by atoms with van der Waals surface area (Å²) in [6.07, 6.45) is 51.8. The Bertz CT molecular complexity index is 1740. The average molecular weight is 1330 g/mol. The van der Waals surface area contributed by atoms with Crippen LogP contribution >= 0.6 is 15.6 Å². The molecule has 0 spiro atoms. The number of hydrogen-bond donors (Lipinski definition) is 3. The fraction of sp³-hybridized carbons (Fsp3) is 0.944. The van der Waals surface area contributed by atoms with E-state index in [1.165, 1.54) is 186 Å². The first-order valence-corrected chi connectivity index (χ1v) is 40.2. The predicted octanol–water partition coefficient (Wildman–Crippen LogP) is 20.5. The van der Waals surface area contributed by atoms with Crippen molar-refractivity contribution in [2.45, 2.75) is 387 Å². The molecule has 3 N–H and O–H groups in total. The van der Waals surface area contributed by atoms with Crippen LogP contribution in [0.15, 0.2) is 0 Å². The molecular weight excluding hydrogens is 1190 g/mol. The van der Waals surface area contributed by atoms with Crippen LogP contribution in [0, 0.1) is 5.92 Å². The lowest BCUT2D eigenvalue weighted by Crippen LogP contribution is -2.30. The average Bonchev–Trinajstić information content (AvgIpc) is 3.73. The van der Waals surface area contributed by atoms with Crippen LogP contribution < -0.4 is 0 Å². The highest BCUT2D eigenvalue weighted by Crippen LogP contribution is 2.45. The van der Waals surface area contributed by atoms with Crippen molar-refractivity contribution in [1.29, 1.82) is 0 Å². The second-order valence-corrected chi connectivity index (χ2v) is 28.8. The lowest BCUT2D eigenvalue weighted by Gasteiger charge is -2.21. The molecule has 0 aliphatic carbocycles. The highest BCUT2D eigenvalue weighted by Gasteiger charge is 2.30. The maximum absolute atomic E-state index is 13.0. The standard InChI is InChI=1S/C71H138O17P2/c1-6-10-13-16-18-20-21-22-23-24-25-26-30-33-37-40-45-50-55-69(74)82-61-67(88-71(76)57-52-47-42-38-34-31-28-27-29-32-36-39-44-48-53-64(5)9-4)63-86-90(79,80)84-59-65(72)58-83-89(77,78)85-62-66(60-81-68(73)54-49-43-15-12-8-3)87-70(75)56-51-46-41-35-19-17-14-11-7-2/h64-67,72H,6-63H2,1-5H3,(H,77,78)(H,79,80)/t64?,65-,66+,67+/m0/s1. The molecule has 0 saturated heterocycles. The van der Waals surface area contributed by atoms with Gasteiger partial charge in [0.1, 0.15) is 19.3 Å². The van der Waals surface area contributed by atoms with Crippen LogP contribution in [0.1, 0.15) is 369 Å². The number of phosphoric ester groups is 2. The van der Waals surface area contributed by atoms with Gasteiger partial charge in [0.05, 0.1) is 26.4 Å². The molecule has 6 atom stereocenters. The van der Waals surface area contributed by atoms with Crippen LogP contribution in [0.25, 0.3) is 0 Å². The fourth-order valence-corrected chi connectivity index (χ4v) is 12.4. The summed E-state index contributed by atoms with van der Waals surface area (Å²) < 4.78 is 68.0. The molecule has 534 valence electrons. The van der Waals surface area contributed by atoms with E-state index in [4.69, 9.17) is 37.0 Å². The Morgan fingerprint density at radius 3 is 0.789 bits per heavy atom. The highest BCUT2D eigenvalue weighted by molar-refractivity contribution is 7.47. The highest BCUT2D eigenvalue weighted by atomic mass is 31.2. The second kappa shape index (κ2) is 64.4. The maximum Gasteiger partial charge on any atom is 0.472 e. The van der Waals surface area contributed by atoms with Crippen molar-refractivity contribution >= 4 is 39.5 Å². The zero-order valence-corrected chi connectivity index (χ0v) is 60.1. The van der Waals surface area contributed by atoms with E-state index < -0.39 is 97.5 Å². The fourth-order valence-electron chi connectivity index (χ4n) is 10.8. The van der Waals surface area contributed by atoms with Crippen molar-refractivity contribution in [3.8, 4) is 0 Å². The van der Waals surface area contributed by atoms with E-state index in [1.54, 1.807) is 0 Å². The molecule has 17 nitrogen and oxygen atoms in total. The SMILES string of the molecule is CCCCCCCCCCCCCCCCCCCCC(=O)OC[C@H](COP(=O)(O)OC[C@@H](O)COP(=O)(O)OC[C@@H](COC(=O)CCCCCCC)OC(=O)CCCCCCCCCCC)OC(=O)CCCCCCCCCCCCCCCCC(C)CC. The molecule has 0 aromatic rings. The van der Waals surface area contributed by atoms with Crippen molar-refractivity contribution in [3.05, 3.63) is 0 Å². The maximum atomic E-state index is 13.0. The van der Waals surface area contributed by atoms with Gasteiger partial charge in [0, 0.05) is 25.7 Å². The van der Waals surface area contributed by atoms with Gasteiger partial charge >= 0.3 is 39.5 Å². The Labute approximate surface area is 549 Å². The van der Waals surface area contributed by atoms with Crippen LogP contribution in [0.5, 0.6) is 0 Å². The summed E-state index contributed by atoms with van der Waals surface area (Å²) >= 11 is 0. The molecule has 0 saturated carbocycles. The van der Waals surface area contributed by atoms with Crippen LogP contribution in [0.3, 0.4) is 0 Å². The minimum Gasteiger partial charge on any atom is -0.462 e. The quantitative estimate of drug-likeness (QED) is 0.0222. The Balaban J connectivity index is 5.13. The minimum absolute atomic E-state index is 0.105. The van der Waals surface area contributed by atoms with Gasteiger partial charge in [-0.2, -0.15) is 0 Å². The largest absolute Gasteiger partial charge is 0.472 e. The van der Waals surface area contributed by atoms with Crippen LogP contribution in [-0.4, -0.2) is 96.7 Å². The van der Waals surface area contributed by atoms with Gasteiger partial charge in [-0.3, -0.25) is 37.3 Å². The van der Waals surface area contributed by atoms with E-state index >= 15 is 0 Å². The number of rotatable bonds is 71. The molecule has 0 amide bonds. The van der Waals surface area contributed by atoms with E-state index in [2.05, 4.69) is 34.6 Å². The van der Waals surface area contributed by atoms with E-state index in [1.807, 2.05) is 0 Å². The smallest absolute Gasteiger partial charge is 0.462 e. The number of phosphoric acid groups is 2. The Morgan fingerprint density at radius 2 is 0.533 bits per heavy atom. The van der Waals surface area contributed by atoms with E-state index in [-0.39, 0.29) is 25.7 Å². The van der Waals surface area contributed by atoms with Crippen molar-refractivity contribution in [2.24, 2.45) is 5.92 Å². The van der Waals surface area contributed by atoms with Crippen molar-refractivity contribution in [1.82, 2.24) is 0 Å². The summed E-state index contributed by atoms with van der Waals surface area (Å²) in [4.78, 5) is 72.2. The van der Waals surface area contributed by atoms with Crippen LogP contribution in [0.2, 0.25) is 0 Å². The number of carbonyl (C=O) groups excluding carboxylic acids is 4. The number of aliphatic hydroxyl groups excluding tert-OH is 1. The van der Waals surface area contributed by atoms with E-state index in [9.17, 15) is 43.2 Å². The topological polar surface area (TPSA) is 237 Å². The zero-order valence-electron chi connectivity index (χ0n) is 58.3. The van der Waals surface area contributed by atoms with Gasteiger partial charge in [0.15, 0.2) is 12.2 Å². The lowest BCUT2D eigenvalue weighted by molar-refractivity contribution is -0.161. The molecule has 0 fully saturated rings. The van der Waals surface area contributed by atoms with E-state index in [0.717, 1.165) is 102 Å². The molecule has 0 aromatic heterocycles. The Hall–Kier alpha value is -1.94. The number of ether oxygens (including phenoxy) is 4. The van der Waals surface area contributed by atoms with Crippen molar-refractivity contribution in [3.63, 3.8) is 0 Å². The van der Waals surface area contributed by atoms with Gasteiger partial charge in [-0.05, 0) is 31.6 Å². The number of esters is 4. The Morgan fingerprint density at radius 1 is 0.311 bits per heavy atom. The normalized spacial score (nSPS) is 14.4. The molecule has 0 aliphatic rings. The first-order chi connectivity index (χ1) is 43.6. The van der Waals surface area contributed by atoms with Crippen LogP contribution in [0.4, 0.5) is 0 Å². The zero-order chi connectivity index (χ0) is 66.3. The summed E-state index contributed by atoms with van der Waals surface area (Å²) in [5.41, 5.74) is 0. The van der Waals surface area contributed by atoms with E-state index in [0.29, 0.717) is 25.7 Å². The first-order valence-electron chi connectivity index (χ1n) is 37.2. The summed E-state index contributed by atoms with van der Waals surface area (Å²) in [6, 6.07) is 0. The summed E-state index contributed by atoms with van der Waals surface area (Å²) in [5.74, 6) is -1.29. The predicted molar refractivity (Wildman–Crippen MR) is 363 cm³/mol. The summed E-state index contributed by atoms with van der Waals surface area (Å²) in [6.45, 7) is 7.20. The molecule has 0 aromatic carbocycles.